The monoisotopic (exact) mass is 344 g/mol. The third-order valence-corrected chi connectivity index (χ3v) is 3.11. The van der Waals surface area contributed by atoms with Gasteiger partial charge in [0.15, 0.2) is 29.6 Å². The summed E-state index contributed by atoms with van der Waals surface area (Å²) in [6.45, 7) is 2.18. The van der Waals surface area contributed by atoms with E-state index in [1.54, 1.807) is 30.3 Å². The Hall–Kier alpha value is -3.22. The third kappa shape index (κ3) is 5.42. The molecule has 1 amide bonds. The smallest absolute Gasteiger partial charge is 0.277 e. The molecule has 0 spiro atoms. The molecular formula is C18H20N2O5. The number of hydrazone groups is 1. The Kier molecular flexibility index (Phi) is 6.65. The van der Waals surface area contributed by atoms with E-state index in [-0.39, 0.29) is 12.4 Å². The van der Waals surface area contributed by atoms with Crippen molar-refractivity contribution in [1.82, 2.24) is 5.43 Å². The van der Waals surface area contributed by atoms with Crippen LogP contribution in [0.1, 0.15) is 12.5 Å². The molecule has 25 heavy (non-hydrogen) atoms. The van der Waals surface area contributed by atoms with Crippen molar-refractivity contribution in [2.24, 2.45) is 5.10 Å². The van der Waals surface area contributed by atoms with Crippen molar-refractivity contribution >= 4 is 12.1 Å². The van der Waals surface area contributed by atoms with Crippen molar-refractivity contribution in [3.05, 3.63) is 48.0 Å². The summed E-state index contributed by atoms with van der Waals surface area (Å²) in [7, 11) is 1.47. The molecule has 7 nitrogen and oxygen atoms in total. The maximum absolute atomic E-state index is 11.8. The van der Waals surface area contributed by atoms with Crippen molar-refractivity contribution < 1.29 is 24.1 Å². The summed E-state index contributed by atoms with van der Waals surface area (Å²) in [6.07, 6.45) is 1.41. The van der Waals surface area contributed by atoms with E-state index in [1.165, 1.54) is 19.4 Å². The first-order valence-electron chi connectivity index (χ1n) is 7.67. The summed E-state index contributed by atoms with van der Waals surface area (Å²) in [5.41, 5.74) is 2.96. The van der Waals surface area contributed by atoms with Crippen LogP contribution in [0.25, 0.3) is 0 Å². The Morgan fingerprint density at radius 2 is 1.88 bits per heavy atom. The highest BCUT2D eigenvalue weighted by atomic mass is 16.5. The number of ether oxygens (including phenoxy) is 3. The van der Waals surface area contributed by atoms with Gasteiger partial charge in [0.05, 0.1) is 19.9 Å². The van der Waals surface area contributed by atoms with Gasteiger partial charge >= 0.3 is 0 Å². The fourth-order valence-corrected chi connectivity index (χ4v) is 1.99. The number of amides is 1. The number of para-hydroxylation sites is 2. The maximum atomic E-state index is 11.8. The van der Waals surface area contributed by atoms with E-state index in [0.717, 1.165) is 0 Å². The van der Waals surface area contributed by atoms with Crippen LogP contribution in [-0.4, -0.2) is 37.6 Å². The van der Waals surface area contributed by atoms with Crippen LogP contribution in [0.2, 0.25) is 0 Å². The molecule has 2 N–H and O–H groups in total. The summed E-state index contributed by atoms with van der Waals surface area (Å²) in [5, 5.41) is 13.5. The van der Waals surface area contributed by atoms with Crippen molar-refractivity contribution in [3.8, 4) is 23.0 Å². The number of phenolic OH excluding ortho intramolecular Hbond substituents is 1. The molecule has 0 atom stereocenters. The molecule has 0 heterocycles. The zero-order valence-electron chi connectivity index (χ0n) is 14.1. The lowest BCUT2D eigenvalue weighted by Crippen LogP contribution is -2.24. The number of nitrogens with one attached hydrogen (secondary N) is 1. The summed E-state index contributed by atoms with van der Waals surface area (Å²) < 4.78 is 15.8. The minimum Gasteiger partial charge on any atom is -0.504 e. The Labute approximate surface area is 145 Å². The van der Waals surface area contributed by atoms with Crippen LogP contribution in [0.4, 0.5) is 0 Å². The second kappa shape index (κ2) is 9.17. The van der Waals surface area contributed by atoms with Gasteiger partial charge in [-0.1, -0.05) is 12.1 Å². The van der Waals surface area contributed by atoms with E-state index < -0.39 is 5.91 Å². The van der Waals surface area contributed by atoms with Crippen LogP contribution in [-0.2, 0) is 4.79 Å². The molecule has 0 aliphatic carbocycles. The molecule has 2 aromatic carbocycles. The molecule has 2 aromatic rings. The topological polar surface area (TPSA) is 89.4 Å². The average molecular weight is 344 g/mol. The number of hydrogen-bond acceptors (Lipinski definition) is 6. The van der Waals surface area contributed by atoms with Crippen LogP contribution in [0.5, 0.6) is 23.0 Å². The van der Waals surface area contributed by atoms with Gasteiger partial charge in [0, 0.05) is 0 Å². The quantitative estimate of drug-likeness (QED) is 0.567. The van der Waals surface area contributed by atoms with Crippen molar-refractivity contribution in [2.75, 3.05) is 20.3 Å². The zero-order chi connectivity index (χ0) is 18.1. The lowest BCUT2D eigenvalue weighted by molar-refractivity contribution is -0.123. The molecule has 0 aliphatic rings. The lowest BCUT2D eigenvalue weighted by atomic mass is 10.2. The van der Waals surface area contributed by atoms with Gasteiger partial charge in [0.25, 0.3) is 5.91 Å². The SMILES string of the molecule is CCOc1ccccc1OCC(=O)NN=Cc1ccc(OC)c(O)c1. The minimum atomic E-state index is -0.416. The van der Waals surface area contributed by atoms with Gasteiger partial charge in [-0.05, 0) is 42.8 Å². The average Bonchev–Trinajstić information content (AvgIpc) is 2.61. The van der Waals surface area contributed by atoms with Crippen LogP contribution in [0.15, 0.2) is 47.6 Å². The number of aromatic hydroxyl groups is 1. The molecule has 0 saturated heterocycles. The zero-order valence-corrected chi connectivity index (χ0v) is 14.1. The Morgan fingerprint density at radius 1 is 1.16 bits per heavy atom. The van der Waals surface area contributed by atoms with Gasteiger partial charge in [-0.15, -0.1) is 0 Å². The first kappa shape index (κ1) is 18.1. The van der Waals surface area contributed by atoms with Gasteiger partial charge in [-0.3, -0.25) is 4.79 Å². The van der Waals surface area contributed by atoms with Crippen molar-refractivity contribution in [2.45, 2.75) is 6.92 Å². The fraction of sp³-hybridized carbons (Fsp3) is 0.222. The number of rotatable bonds is 8. The first-order chi connectivity index (χ1) is 12.1. The molecule has 2 rings (SSSR count). The second-order valence-corrected chi connectivity index (χ2v) is 4.89. The van der Waals surface area contributed by atoms with Crippen molar-refractivity contribution in [3.63, 3.8) is 0 Å². The molecule has 0 saturated carbocycles. The summed E-state index contributed by atoms with van der Waals surface area (Å²) >= 11 is 0. The lowest BCUT2D eigenvalue weighted by Gasteiger charge is -2.10. The van der Waals surface area contributed by atoms with E-state index in [9.17, 15) is 9.90 Å². The Morgan fingerprint density at radius 3 is 2.52 bits per heavy atom. The number of carbonyl (C=O) groups excluding carboxylic acids is 1. The number of carbonyl (C=O) groups is 1. The van der Waals surface area contributed by atoms with E-state index in [1.807, 2.05) is 13.0 Å². The predicted molar refractivity (Wildman–Crippen MR) is 93.5 cm³/mol. The van der Waals surface area contributed by atoms with Gasteiger partial charge in [-0.2, -0.15) is 5.10 Å². The highest BCUT2D eigenvalue weighted by Gasteiger charge is 2.06. The molecule has 0 aromatic heterocycles. The number of hydrogen-bond donors (Lipinski definition) is 2. The molecule has 7 heteroatoms. The van der Waals surface area contributed by atoms with E-state index in [4.69, 9.17) is 14.2 Å². The minimum absolute atomic E-state index is 0.00589. The Balaban J connectivity index is 1.85. The number of methoxy groups -OCH3 is 1. The predicted octanol–water partition coefficient (Wildman–Crippen LogP) is 2.33. The normalized spacial score (nSPS) is 10.5. The second-order valence-electron chi connectivity index (χ2n) is 4.89. The van der Waals surface area contributed by atoms with E-state index in [0.29, 0.717) is 29.4 Å². The van der Waals surface area contributed by atoms with E-state index >= 15 is 0 Å². The number of phenols is 1. The largest absolute Gasteiger partial charge is 0.504 e. The fourth-order valence-electron chi connectivity index (χ4n) is 1.99. The summed E-state index contributed by atoms with van der Waals surface area (Å²) in [5.74, 6) is 1.01. The van der Waals surface area contributed by atoms with Crippen LogP contribution in [0.3, 0.4) is 0 Å². The highest BCUT2D eigenvalue weighted by molar-refractivity contribution is 5.83. The number of benzene rings is 2. The molecule has 0 radical (unpaired) electrons. The molecule has 0 bridgehead atoms. The standard InChI is InChI=1S/C18H20N2O5/c1-3-24-16-6-4-5-7-17(16)25-12-18(22)20-19-11-13-8-9-15(23-2)14(21)10-13/h4-11,21H,3,12H2,1-2H3,(H,20,22). The van der Waals surface area contributed by atoms with Crippen LogP contribution < -0.4 is 19.6 Å². The summed E-state index contributed by atoms with van der Waals surface area (Å²) in [6, 6.07) is 11.9. The summed E-state index contributed by atoms with van der Waals surface area (Å²) in [4.78, 5) is 11.8. The molecule has 132 valence electrons. The molecule has 0 fully saturated rings. The van der Waals surface area contributed by atoms with Gasteiger partial charge < -0.3 is 19.3 Å². The van der Waals surface area contributed by atoms with Gasteiger partial charge in [0.1, 0.15) is 0 Å². The van der Waals surface area contributed by atoms with Crippen LogP contribution in [0, 0.1) is 0 Å². The number of nitrogens with zero attached hydrogens (tertiary/aromatic N) is 1. The van der Waals surface area contributed by atoms with Crippen LogP contribution >= 0.6 is 0 Å². The van der Waals surface area contributed by atoms with Gasteiger partial charge in [-0.25, -0.2) is 5.43 Å². The van der Waals surface area contributed by atoms with Gasteiger partial charge in [0.2, 0.25) is 0 Å². The maximum Gasteiger partial charge on any atom is 0.277 e. The molecule has 0 unspecified atom stereocenters. The molecular weight excluding hydrogens is 324 g/mol. The first-order valence-corrected chi connectivity index (χ1v) is 7.67. The highest BCUT2D eigenvalue weighted by Crippen LogP contribution is 2.26. The van der Waals surface area contributed by atoms with Crippen molar-refractivity contribution in [1.29, 1.82) is 0 Å². The Bertz CT molecular complexity index is 746. The molecule has 0 aliphatic heterocycles. The van der Waals surface area contributed by atoms with E-state index in [2.05, 4.69) is 10.5 Å². The third-order valence-electron chi connectivity index (χ3n) is 3.11.